The maximum atomic E-state index is 11.3. The molecule has 66 valence electrons. The summed E-state index contributed by atoms with van der Waals surface area (Å²) in [5, 5.41) is 9.01. The zero-order valence-corrected chi connectivity index (χ0v) is 7.26. The minimum atomic E-state index is -0.870. The highest BCUT2D eigenvalue weighted by molar-refractivity contribution is 6.02. The van der Waals surface area contributed by atoms with Gasteiger partial charge in [0.1, 0.15) is 5.76 Å². The SMILES string of the molecule is C=C1C(OC)=CC(=O)C1(C)CO. The Morgan fingerprint density at radius 1 is 1.75 bits per heavy atom. The van der Waals surface area contributed by atoms with Gasteiger partial charge in [-0.3, -0.25) is 4.79 Å². The highest BCUT2D eigenvalue weighted by atomic mass is 16.5. The number of aliphatic hydroxyl groups is 1. The van der Waals surface area contributed by atoms with Gasteiger partial charge in [0, 0.05) is 11.6 Å². The van der Waals surface area contributed by atoms with Gasteiger partial charge in [-0.15, -0.1) is 0 Å². The minimum Gasteiger partial charge on any atom is -0.496 e. The molecule has 0 aromatic heterocycles. The molecule has 0 fully saturated rings. The number of methoxy groups -OCH3 is 1. The van der Waals surface area contributed by atoms with Gasteiger partial charge in [-0.1, -0.05) is 6.58 Å². The summed E-state index contributed by atoms with van der Waals surface area (Å²) >= 11 is 0. The van der Waals surface area contributed by atoms with Crippen LogP contribution >= 0.6 is 0 Å². The van der Waals surface area contributed by atoms with Crippen LogP contribution < -0.4 is 0 Å². The van der Waals surface area contributed by atoms with E-state index in [1.807, 2.05) is 0 Å². The number of ketones is 1. The van der Waals surface area contributed by atoms with Crippen LogP contribution in [-0.2, 0) is 9.53 Å². The van der Waals surface area contributed by atoms with E-state index in [1.54, 1.807) is 6.92 Å². The lowest BCUT2D eigenvalue weighted by Crippen LogP contribution is -2.28. The molecule has 1 N–H and O–H groups in total. The molecule has 1 unspecified atom stereocenters. The third kappa shape index (κ3) is 0.975. The smallest absolute Gasteiger partial charge is 0.172 e. The first-order valence-electron chi connectivity index (χ1n) is 3.67. The van der Waals surface area contributed by atoms with E-state index >= 15 is 0 Å². The van der Waals surface area contributed by atoms with Gasteiger partial charge >= 0.3 is 0 Å². The fourth-order valence-corrected chi connectivity index (χ4v) is 1.14. The number of carbonyl (C=O) groups excluding carboxylic acids is 1. The second-order valence-corrected chi connectivity index (χ2v) is 3.05. The first kappa shape index (κ1) is 9.00. The summed E-state index contributed by atoms with van der Waals surface area (Å²) in [7, 11) is 1.48. The van der Waals surface area contributed by atoms with Crippen molar-refractivity contribution < 1.29 is 14.6 Å². The van der Waals surface area contributed by atoms with Gasteiger partial charge in [0.15, 0.2) is 5.78 Å². The third-order valence-electron chi connectivity index (χ3n) is 2.31. The number of hydrogen-bond donors (Lipinski definition) is 1. The van der Waals surface area contributed by atoms with Gasteiger partial charge in [-0.2, -0.15) is 0 Å². The van der Waals surface area contributed by atoms with Crippen LogP contribution in [0.3, 0.4) is 0 Å². The third-order valence-corrected chi connectivity index (χ3v) is 2.31. The van der Waals surface area contributed by atoms with Gasteiger partial charge in [0.05, 0.1) is 19.1 Å². The Balaban J connectivity index is 3.03. The van der Waals surface area contributed by atoms with E-state index in [9.17, 15) is 4.79 Å². The molecule has 0 saturated heterocycles. The van der Waals surface area contributed by atoms with E-state index in [0.717, 1.165) is 0 Å². The molecule has 12 heavy (non-hydrogen) atoms. The lowest BCUT2D eigenvalue weighted by Gasteiger charge is -2.20. The van der Waals surface area contributed by atoms with Crippen LogP contribution in [0.2, 0.25) is 0 Å². The second-order valence-electron chi connectivity index (χ2n) is 3.05. The first-order chi connectivity index (χ1) is 5.56. The number of aliphatic hydroxyl groups excluding tert-OH is 1. The number of carbonyl (C=O) groups is 1. The molecule has 3 nitrogen and oxygen atoms in total. The Bertz CT molecular complexity index is 265. The van der Waals surface area contributed by atoms with E-state index in [-0.39, 0.29) is 12.4 Å². The Labute approximate surface area is 71.3 Å². The molecule has 0 amide bonds. The van der Waals surface area contributed by atoms with Gasteiger partial charge in [0.25, 0.3) is 0 Å². The van der Waals surface area contributed by atoms with Gasteiger partial charge in [-0.25, -0.2) is 0 Å². The zero-order chi connectivity index (χ0) is 9.35. The molecule has 0 aliphatic heterocycles. The lowest BCUT2D eigenvalue weighted by molar-refractivity contribution is -0.122. The van der Waals surface area contributed by atoms with Crippen molar-refractivity contribution in [2.75, 3.05) is 13.7 Å². The predicted molar refractivity (Wildman–Crippen MR) is 44.4 cm³/mol. The summed E-state index contributed by atoms with van der Waals surface area (Å²) in [6.45, 7) is 5.13. The van der Waals surface area contributed by atoms with E-state index in [4.69, 9.17) is 9.84 Å². The van der Waals surface area contributed by atoms with E-state index in [1.165, 1.54) is 13.2 Å². The van der Waals surface area contributed by atoms with Gasteiger partial charge in [-0.05, 0) is 6.92 Å². The lowest BCUT2D eigenvalue weighted by atomic mass is 9.84. The summed E-state index contributed by atoms with van der Waals surface area (Å²) in [6.07, 6.45) is 1.37. The summed E-state index contributed by atoms with van der Waals surface area (Å²) in [5.41, 5.74) is -0.316. The maximum Gasteiger partial charge on any atom is 0.172 e. The van der Waals surface area contributed by atoms with Crippen molar-refractivity contribution >= 4 is 5.78 Å². The van der Waals surface area contributed by atoms with Crippen LogP contribution in [0.1, 0.15) is 6.92 Å². The van der Waals surface area contributed by atoms with Crippen LogP contribution in [0.5, 0.6) is 0 Å². The molecule has 0 heterocycles. The highest BCUT2D eigenvalue weighted by Gasteiger charge is 2.41. The van der Waals surface area contributed by atoms with Crippen LogP contribution in [0.4, 0.5) is 0 Å². The Hall–Kier alpha value is -1.09. The van der Waals surface area contributed by atoms with Gasteiger partial charge in [0.2, 0.25) is 0 Å². The van der Waals surface area contributed by atoms with Crippen LogP contribution in [-0.4, -0.2) is 24.6 Å². The Morgan fingerprint density at radius 3 is 2.58 bits per heavy atom. The largest absolute Gasteiger partial charge is 0.496 e. The molecule has 1 aliphatic carbocycles. The Kier molecular flexibility index (Phi) is 2.06. The van der Waals surface area contributed by atoms with E-state index in [0.29, 0.717) is 11.3 Å². The van der Waals surface area contributed by atoms with Crippen molar-refractivity contribution in [3.05, 3.63) is 24.0 Å². The fraction of sp³-hybridized carbons (Fsp3) is 0.444. The molecule has 0 aromatic rings. The number of rotatable bonds is 2. The molecule has 0 spiro atoms. The monoisotopic (exact) mass is 168 g/mol. The Morgan fingerprint density at radius 2 is 2.33 bits per heavy atom. The average Bonchev–Trinajstić information content (AvgIpc) is 2.30. The summed E-state index contributed by atoms with van der Waals surface area (Å²) in [5.74, 6) is 0.323. The summed E-state index contributed by atoms with van der Waals surface area (Å²) in [4.78, 5) is 11.3. The summed E-state index contributed by atoms with van der Waals surface area (Å²) < 4.78 is 4.92. The molecule has 1 rings (SSSR count). The average molecular weight is 168 g/mol. The molecule has 0 aromatic carbocycles. The predicted octanol–water partition coefficient (Wildman–Crippen LogP) is 0.654. The first-order valence-corrected chi connectivity index (χ1v) is 3.67. The highest BCUT2D eigenvalue weighted by Crippen LogP contribution is 2.38. The van der Waals surface area contributed by atoms with Crippen LogP contribution in [0.25, 0.3) is 0 Å². The zero-order valence-electron chi connectivity index (χ0n) is 7.26. The molecule has 0 saturated carbocycles. The summed E-state index contributed by atoms with van der Waals surface area (Å²) in [6, 6.07) is 0. The molecule has 3 heteroatoms. The van der Waals surface area contributed by atoms with Crippen molar-refractivity contribution in [1.29, 1.82) is 0 Å². The molecule has 1 aliphatic rings. The van der Waals surface area contributed by atoms with Crippen LogP contribution in [0, 0.1) is 5.41 Å². The molecule has 1 atom stereocenters. The second kappa shape index (κ2) is 2.75. The van der Waals surface area contributed by atoms with Crippen molar-refractivity contribution in [1.82, 2.24) is 0 Å². The molecular weight excluding hydrogens is 156 g/mol. The van der Waals surface area contributed by atoms with Crippen molar-refractivity contribution in [3.63, 3.8) is 0 Å². The number of hydrogen-bond acceptors (Lipinski definition) is 3. The molecule has 0 bridgehead atoms. The quantitative estimate of drug-likeness (QED) is 0.658. The maximum absolute atomic E-state index is 11.3. The van der Waals surface area contributed by atoms with Crippen molar-refractivity contribution in [2.24, 2.45) is 5.41 Å². The van der Waals surface area contributed by atoms with E-state index in [2.05, 4.69) is 6.58 Å². The normalized spacial score (nSPS) is 29.1. The van der Waals surface area contributed by atoms with Crippen molar-refractivity contribution in [3.8, 4) is 0 Å². The fourth-order valence-electron chi connectivity index (χ4n) is 1.14. The minimum absolute atomic E-state index is 0.146. The number of allylic oxidation sites excluding steroid dienone is 2. The number of ether oxygens (including phenoxy) is 1. The van der Waals surface area contributed by atoms with Crippen molar-refractivity contribution in [2.45, 2.75) is 6.92 Å². The topological polar surface area (TPSA) is 46.5 Å². The standard InChI is InChI=1S/C9H12O3/c1-6-7(12-3)4-8(11)9(6,2)5-10/h4,10H,1,5H2,2-3H3. The van der Waals surface area contributed by atoms with E-state index < -0.39 is 5.41 Å². The molecule has 0 radical (unpaired) electrons. The molecular formula is C9H12O3. The van der Waals surface area contributed by atoms with Gasteiger partial charge < -0.3 is 9.84 Å². The van der Waals surface area contributed by atoms with Crippen LogP contribution in [0.15, 0.2) is 24.0 Å².